The van der Waals surface area contributed by atoms with Crippen LogP contribution in [0.25, 0.3) is 0 Å². The molecule has 1 N–H and O–H groups in total. The monoisotopic (exact) mass is 306 g/mol. The molecule has 1 aromatic rings. The number of piperidine rings is 1. The van der Waals surface area contributed by atoms with Crippen molar-refractivity contribution < 1.29 is 14.3 Å². The van der Waals surface area contributed by atoms with Gasteiger partial charge in [-0.1, -0.05) is 0 Å². The zero-order chi connectivity index (χ0) is 15.5. The van der Waals surface area contributed by atoms with Gasteiger partial charge in [-0.05, 0) is 18.9 Å². The van der Waals surface area contributed by atoms with E-state index in [0.29, 0.717) is 32.8 Å². The minimum absolute atomic E-state index is 0.000813. The molecular weight excluding hydrogens is 284 g/mol. The van der Waals surface area contributed by atoms with Crippen LogP contribution in [0.1, 0.15) is 31.5 Å². The van der Waals surface area contributed by atoms with E-state index in [1.165, 1.54) is 0 Å². The Morgan fingerprint density at radius 3 is 2.73 bits per heavy atom. The van der Waals surface area contributed by atoms with Crippen molar-refractivity contribution in [3.8, 4) is 0 Å². The van der Waals surface area contributed by atoms with E-state index in [4.69, 9.17) is 4.74 Å². The first-order valence-electron chi connectivity index (χ1n) is 7.80. The van der Waals surface area contributed by atoms with Gasteiger partial charge in [0.2, 0.25) is 11.8 Å². The molecule has 0 aromatic carbocycles. The van der Waals surface area contributed by atoms with Crippen molar-refractivity contribution in [2.24, 2.45) is 5.92 Å². The Labute approximate surface area is 129 Å². The van der Waals surface area contributed by atoms with Crippen molar-refractivity contribution in [2.75, 3.05) is 32.8 Å². The van der Waals surface area contributed by atoms with Crippen molar-refractivity contribution in [3.05, 3.63) is 18.0 Å². The molecule has 7 heteroatoms. The van der Waals surface area contributed by atoms with Crippen LogP contribution in [0.5, 0.6) is 0 Å². The largest absolute Gasteiger partial charge is 0.377 e. The van der Waals surface area contributed by atoms with Gasteiger partial charge in [-0.3, -0.25) is 14.7 Å². The predicted octanol–water partition coefficient (Wildman–Crippen LogP) is 0.568. The van der Waals surface area contributed by atoms with Crippen molar-refractivity contribution >= 4 is 11.8 Å². The number of aromatic amines is 1. The molecule has 2 saturated heterocycles. The second-order valence-corrected chi connectivity index (χ2v) is 5.91. The van der Waals surface area contributed by atoms with Gasteiger partial charge in [-0.25, -0.2) is 0 Å². The number of hydrogen-bond donors (Lipinski definition) is 1. The third-order valence-corrected chi connectivity index (χ3v) is 4.58. The molecule has 3 heterocycles. The van der Waals surface area contributed by atoms with Crippen LogP contribution in [-0.2, 0) is 14.3 Å². The molecule has 0 aliphatic carbocycles. The summed E-state index contributed by atoms with van der Waals surface area (Å²) in [4.78, 5) is 28.0. The third-order valence-electron chi connectivity index (χ3n) is 4.58. The Morgan fingerprint density at radius 1 is 1.32 bits per heavy atom. The van der Waals surface area contributed by atoms with E-state index in [2.05, 4.69) is 10.2 Å². The van der Waals surface area contributed by atoms with Gasteiger partial charge in [0, 0.05) is 38.7 Å². The van der Waals surface area contributed by atoms with Crippen molar-refractivity contribution in [3.63, 3.8) is 0 Å². The van der Waals surface area contributed by atoms with Crippen LogP contribution in [0.4, 0.5) is 0 Å². The molecule has 0 radical (unpaired) electrons. The van der Waals surface area contributed by atoms with E-state index in [9.17, 15) is 9.59 Å². The number of H-pyrrole nitrogens is 1. The van der Waals surface area contributed by atoms with Gasteiger partial charge in [0.15, 0.2) is 0 Å². The first-order valence-corrected chi connectivity index (χ1v) is 7.80. The Hall–Kier alpha value is -1.89. The van der Waals surface area contributed by atoms with Gasteiger partial charge in [0.05, 0.1) is 24.9 Å². The van der Waals surface area contributed by atoms with Crippen molar-refractivity contribution in [1.29, 1.82) is 0 Å². The molecule has 1 atom stereocenters. The van der Waals surface area contributed by atoms with E-state index < -0.39 is 0 Å². The molecule has 2 fully saturated rings. The van der Waals surface area contributed by atoms with Gasteiger partial charge in [0.25, 0.3) is 0 Å². The number of carbonyl (C=O) groups is 2. The van der Waals surface area contributed by atoms with Gasteiger partial charge in [-0.2, -0.15) is 5.10 Å². The number of hydrogen-bond acceptors (Lipinski definition) is 4. The van der Waals surface area contributed by atoms with Crippen LogP contribution >= 0.6 is 0 Å². The summed E-state index contributed by atoms with van der Waals surface area (Å²) < 4.78 is 5.53. The maximum absolute atomic E-state index is 12.9. The summed E-state index contributed by atoms with van der Waals surface area (Å²) in [5.41, 5.74) is 0.911. The van der Waals surface area contributed by atoms with E-state index in [1.807, 2.05) is 15.9 Å². The number of nitrogens with one attached hydrogen (secondary N) is 1. The number of rotatable bonds is 2. The van der Waals surface area contributed by atoms with Gasteiger partial charge >= 0.3 is 0 Å². The number of ether oxygens (including phenoxy) is 1. The number of likely N-dealkylation sites (tertiary alicyclic amines) is 1. The molecule has 2 aliphatic heterocycles. The third kappa shape index (κ3) is 2.99. The number of aromatic nitrogens is 2. The van der Waals surface area contributed by atoms with E-state index in [0.717, 1.165) is 18.5 Å². The fraction of sp³-hybridized carbons (Fsp3) is 0.667. The van der Waals surface area contributed by atoms with Crippen molar-refractivity contribution in [1.82, 2.24) is 20.0 Å². The minimum Gasteiger partial charge on any atom is -0.377 e. The van der Waals surface area contributed by atoms with Crippen LogP contribution in [0, 0.1) is 5.92 Å². The Morgan fingerprint density at radius 2 is 2.09 bits per heavy atom. The summed E-state index contributed by atoms with van der Waals surface area (Å²) in [6.45, 7) is 4.60. The SMILES string of the molecule is CC(=O)N1CCC(C(=O)N2CCOCC2c2ccn[nH]2)CC1. The summed E-state index contributed by atoms with van der Waals surface area (Å²) >= 11 is 0. The van der Waals surface area contributed by atoms with E-state index in [1.54, 1.807) is 13.1 Å². The summed E-state index contributed by atoms with van der Waals surface area (Å²) in [6.07, 6.45) is 3.18. The second-order valence-electron chi connectivity index (χ2n) is 5.91. The highest BCUT2D eigenvalue weighted by Gasteiger charge is 2.35. The average Bonchev–Trinajstić information content (AvgIpc) is 3.08. The first-order chi connectivity index (χ1) is 10.7. The average molecular weight is 306 g/mol. The fourth-order valence-corrected chi connectivity index (χ4v) is 3.25. The molecule has 0 saturated carbocycles. The highest BCUT2D eigenvalue weighted by atomic mass is 16.5. The smallest absolute Gasteiger partial charge is 0.226 e. The van der Waals surface area contributed by atoms with Gasteiger partial charge in [0.1, 0.15) is 0 Å². The predicted molar refractivity (Wildman–Crippen MR) is 78.8 cm³/mol. The highest BCUT2D eigenvalue weighted by Crippen LogP contribution is 2.27. The second kappa shape index (κ2) is 6.48. The number of carbonyl (C=O) groups excluding carboxylic acids is 2. The van der Waals surface area contributed by atoms with Crippen LogP contribution < -0.4 is 0 Å². The summed E-state index contributed by atoms with van der Waals surface area (Å²) in [5, 5.41) is 6.91. The molecule has 0 spiro atoms. The molecule has 0 bridgehead atoms. The molecular formula is C15H22N4O3. The van der Waals surface area contributed by atoms with Gasteiger partial charge in [-0.15, -0.1) is 0 Å². The number of nitrogens with zero attached hydrogens (tertiary/aromatic N) is 3. The molecule has 3 rings (SSSR count). The Balaban J connectivity index is 1.66. The molecule has 120 valence electrons. The normalized spacial score (nSPS) is 23.6. The zero-order valence-electron chi connectivity index (χ0n) is 12.8. The highest BCUT2D eigenvalue weighted by molar-refractivity contribution is 5.80. The van der Waals surface area contributed by atoms with E-state index >= 15 is 0 Å². The summed E-state index contributed by atoms with van der Waals surface area (Å²) in [5.74, 6) is 0.262. The van der Waals surface area contributed by atoms with Crippen LogP contribution in [-0.4, -0.2) is 64.7 Å². The minimum atomic E-state index is -0.0883. The lowest BCUT2D eigenvalue weighted by Gasteiger charge is -2.39. The molecule has 1 aromatic heterocycles. The lowest BCUT2D eigenvalue weighted by Crippen LogP contribution is -2.48. The number of morpholine rings is 1. The zero-order valence-corrected chi connectivity index (χ0v) is 12.8. The maximum Gasteiger partial charge on any atom is 0.226 e. The fourth-order valence-electron chi connectivity index (χ4n) is 3.25. The first kappa shape index (κ1) is 15.0. The lowest BCUT2D eigenvalue weighted by molar-refractivity contribution is -0.147. The quantitative estimate of drug-likeness (QED) is 0.866. The number of amides is 2. The summed E-state index contributed by atoms with van der Waals surface area (Å²) in [6, 6.07) is 1.80. The van der Waals surface area contributed by atoms with E-state index in [-0.39, 0.29) is 23.8 Å². The van der Waals surface area contributed by atoms with Crippen LogP contribution in [0.2, 0.25) is 0 Å². The maximum atomic E-state index is 12.9. The lowest BCUT2D eigenvalue weighted by atomic mass is 9.94. The molecule has 2 aliphatic rings. The van der Waals surface area contributed by atoms with Crippen LogP contribution in [0.3, 0.4) is 0 Å². The Bertz CT molecular complexity index is 523. The van der Waals surface area contributed by atoms with Crippen LogP contribution in [0.15, 0.2) is 12.3 Å². The molecule has 2 amide bonds. The Kier molecular flexibility index (Phi) is 4.42. The molecule has 7 nitrogen and oxygen atoms in total. The molecule has 1 unspecified atom stereocenters. The standard InChI is InChI=1S/C15H22N4O3/c1-11(20)18-6-3-12(4-7-18)15(21)19-8-9-22-10-14(19)13-2-5-16-17-13/h2,5,12,14H,3-4,6-10H2,1H3,(H,16,17). The van der Waals surface area contributed by atoms with Crippen molar-refractivity contribution in [2.45, 2.75) is 25.8 Å². The molecule has 22 heavy (non-hydrogen) atoms. The van der Waals surface area contributed by atoms with Gasteiger partial charge < -0.3 is 14.5 Å². The topological polar surface area (TPSA) is 78.5 Å². The summed E-state index contributed by atoms with van der Waals surface area (Å²) in [7, 11) is 0.